The minimum Gasteiger partial charge on any atom is -0.490 e. The Morgan fingerprint density at radius 2 is 1.91 bits per heavy atom. The summed E-state index contributed by atoms with van der Waals surface area (Å²) >= 11 is 0. The fraction of sp³-hybridized carbons (Fsp3) is 0.500. The van der Waals surface area contributed by atoms with E-state index < -0.39 is 5.97 Å². The number of pyridine rings is 1. The van der Waals surface area contributed by atoms with E-state index in [0.29, 0.717) is 37.6 Å². The number of rotatable bonds is 8. The number of hydrogen-bond acceptors (Lipinski definition) is 7. The Labute approximate surface area is 192 Å². The Hall–Kier alpha value is -3.07. The zero-order chi connectivity index (χ0) is 23.4. The van der Waals surface area contributed by atoms with Crippen molar-refractivity contribution in [3.63, 3.8) is 0 Å². The van der Waals surface area contributed by atoms with Gasteiger partial charge >= 0.3 is 5.97 Å². The number of aromatic nitrogens is 1. The molecule has 2 aliphatic rings. The average Bonchev–Trinajstić information content (AvgIpc) is 3.23. The van der Waals surface area contributed by atoms with E-state index in [-0.39, 0.29) is 30.5 Å². The minimum atomic E-state index is -0.807. The lowest BCUT2D eigenvalue weighted by Gasteiger charge is -2.34. The second kappa shape index (κ2) is 10.2. The molecule has 1 aromatic heterocycles. The van der Waals surface area contributed by atoms with Crippen LogP contribution in [-0.4, -0.2) is 68.2 Å². The molecule has 8 nitrogen and oxygen atoms in total. The number of carboxylic acid groups (broad SMARTS) is 1. The number of piperidine rings is 1. The largest absolute Gasteiger partial charge is 0.490 e. The molecule has 0 radical (unpaired) electrons. The molecule has 2 saturated heterocycles. The van der Waals surface area contributed by atoms with Gasteiger partial charge in [-0.25, -0.2) is 9.37 Å². The molecule has 2 aliphatic heterocycles. The molecule has 4 rings (SSSR count). The van der Waals surface area contributed by atoms with Crippen molar-refractivity contribution in [1.82, 2.24) is 4.98 Å². The van der Waals surface area contributed by atoms with Gasteiger partial charge in [0.25, 0.3) is 0 Å². The molecule has 1 N–H and O–H groups in total. The first-order valence-electron chi connectivity index (χ1n) is 11.2. The number of carbonyl (C=O) groups is 1. The van der Waals surface area contributed by atoms with Gasteiger partial charge in [-0.1, -0.05) is 0 Å². The molecule has 0 amide bonds. The number of halogens is 1. The first-order chi connectivity index (χ1) is 16.0. The third kappa shape index (κ3) is 5.47. The number of carboxylic acids is 1. The molecule has 178 valence electrons. The first-order valence-corrected chi connectivity index (χ1v) is 11.2. The van der Waals surface area contributed by atoms with Gasteiger partial charge in [0, 0.05) is 57.4 Å². The highest BCUT2D eigenvalue weighted by Gasteiger charge is 2.33. The Morgan fingerprint density at radius 1 is 1.18 bits per heavy atom. The summed E-state index contributed by atoms with van der Waals surface area (Å²) in [4.78, 5) is 19.2. The van der Waals surface area contributed by atoms with Crippen molar-refractivity contribution in [3.8, 4) is 11.6 Å². The standard InChI is InChI=1S/C24H30FN3O5/c1-31-20-11-17(12-24(29)30)28(15-20)16-3-5-18(6-4-16)33-19-7-9-27(10-8-19)22-13-23(32-2)26-14-21(22)25/h3-6,13-14,17,19-20H,7-12,15H2,1-2H3,(H,29,30)/t17-,20-/m1/s1. The average molecular weight is 460 g/mol. The molecule has 33 heavy (non-hydrogen) atoms. The number of nitrogens with zero attached hydrogens (tertiary/aromatic N) is 3. The molecular weight excluding hydrogens is 429 g/mol. The first kappa shape index (κ1) is 23.1. The summed E-state index contributed by atoms with van der Waals surface area (Å²) in [7, 11) is 3.18. The second-order valence-corrected chi connectivity index (χ2v) is 8.47. The predicted molar refractivity (Wildman–Crippen MR) is 122 cm³/mol. The van der Waals surface area contributed by atoms with Crippen molar-refractivity contribution in [2.24, 2.45) is 0 Å². The Kier molecular flexibility index (Phi) is 7.17. The zero-order valence-electron chi connectivity index (χ0n) is 18.9. The monoisotopic (exact) mass is 459 g/mol. The Bertz CT molecular complexity index is 950. The Balaban J connectivity index is 1.34. The van der Waals surface area contributed by atoms with E-state index in [1.54, 1.807) is 13.2 Å². The third-order valence-corrected chi connectivity index (χ3v) is 6.39. The summed E-state index contributed by atoms with van der Waals surface area (Å²) in [6.45, 7) is 2.02. The molecule has 9 heteroatoms. The van der Waals surface area contributed by atoms with Crippen LogP contribution in [0.15, 0.2) is 36.5 Å². The minimum absolute atomic E-state index is 0.0284. The number of aliphatic carboxylic acids is 1. The quantitative estimate of drug-likeness (QED) is 0.644. The van der Waals surface area contributed by atoms with Crippen molar-refractivity contribution in [3.05, 3.63) is 42.3 Å². The number of methoxy groups -OCH3 is 2. The normalized spacial score (nSPS) is 21.3. The maximum absolute atomic E-state index is 14.2. The second-order valence-electron chi connectivity index (χ2n) is 8.47. The van der Waals surface area contributed by atoms with Gasteiger partial charge in [0.2, 0.25) is 5.88 Å². The van der Waals surface area contributed by atoms with Crippen LogP contribution in [0, 0.1) is 5.82 Å². The lowest BCUT2D eigenvalue weighted by molar-refractivity contribution is -0.137. The highest BCUT2D eigenvalue weighted by molar-refractivity contribution is 5.69. The molecular formula is C24H30FN3O5. The van der Waals surface area contributed by atoms with Crippen LogP contribution < -0.4 is 19.3 Å². The zero-order valence-corrected chi connectivity index (χ0v) is 18.9. The van der Waals surface area contributed by atoms with E-state index in [4.69, 9.17) is 14.2 Å². The molecule has 0 aliphatic carbocycles. The Morgan fingerprint density at radius 3 is 2.55 bits per heavy atom. The maximum Gasteiger partial charge on any atom is 0.305 e. The van der Waals surface area contributed by atoms with Crippen LogP contribution in [0.3, 0.4) is 0 Å². The molecule has 3 heterocycles. The van der Waals surface area contributed by atoms with Crippen LogP contribution in [0.2, 0.25) is 0 Å². The van der Waals surface area contributed by atoms with Gasteiger partial charge in [-0.3, -0.25) is 4.79 Å². The van der Waals surface area contributed by atoms with Gasteiger partial charge < -0.3 is 29.1 Å². The smallest absolute Gasteiger partial charge is 0.305 e. The van der Waals surface area contributed by atoms with Crippen LogP contribution in [-0.2, 0) is 9.53 Å². The molecule has 1 aromatic carbocycles. The van der Waals surface area contributed by atoms with E-state index >= 15 is 0 Å². The fourth-order valence-electron chi connectivity index (χ4n) is 4.64. The molecule has 2 fully saturated rings. The summed E-state index contributed by atoms with van der Waals surface area (Å²) < 4.78 is 31.0. The van der Waals surface area contributed by atoms with Crippen molar-refractivity contribution in [2.45, 2.75) is 43.9 Å². The van der Waals surface area contributed by atoms with Crippen molar-refractivity contribution >= 4 is 17.3 Å². The molecule has 0 unspecified atom stereocenters. The van der Waals surface area contributed by atoms with Crippen LogP contribution in [0.5, 0.6) is 11.6 Å². The third-order valence-electron chi connectivity index (χ3n) is 6.39. The SMILES string of the molecule is COc1cc(N2CCC(Oc3ccc(N4C[C@H](OC)C[C@@H]4CC(=O)O)cc3)CC2)c(F)cn1. The van der Waals surface area contributed by atoms with Crippen LogP contribution in [0.1, 0.15) is 25.7 Å². The summed E-state index contributed by atoms with van der Waals surface area (Å²) in [6, 6.07) is 9.32. The lowest BCUT2D eigenvalue weighted by atomic mass is 10.1. The van der Waals surface area contributed by atoms with E-state index in [9.17, 15) is 14.3 Å². The van der Waals surface area contributed by atoms with E-state index in [2.05, 4.69) is 9.88 Å². The van der Waals surface area contributed by atoms with Gasteiger partial charge in [0.05, 0.1) is 31.5 Å². The number of benzene rings is 1. The summed E-state index contributed by atoms with van der Waals surface area (Å²) in [5, 5.41) is 9.24. The summed E-state index contributed by atoms with van der Waals surface area (Å²) in [5.41, 5.74) is 1.46. The van der Waals surface area contributed by atoms with Gasteiger partial charge in [-0.05, 0) is 30.7 Å². The number of hydrogen-bond donors (Lipinski definition) is 1. The van der Waals surface area contributed by atoms with E-state index in [1.807, 2.05) is 29.2 Å². The van der Waals surface area contributed by atoms with Gasteiger partial charge in [0.15, 0.2) is 5.82 Å². The number of anilines is 2. The maximum atomic E-state index is 14.2. The molecule has 2 aromatic rings. The summed E-state index contributed by atoms with van der Waals surface area (Å²) in [6.07, 6.45) is 3.59. The van der Waals surface area contributed by atoms with Gasteiger partial charge in [0.1, 0.15) is 11.9 Å². The highest BCUT2D eigenvalue weighted by atomic mass is 19.1. The molecule has 0 bridgehead atoms. The topological polar surface area (TPSA) is 84.4 Å². The van der Waals surface area contributed by atoms with Crippen LogP contribution in [0.4, 0.5) is 15.8 Å². The van der Waals surface area contributed by atoms with Crippen molar-refractivity contribution in [1.29, 1.82) is 0 Å². The van der Waals surface area contributed by atoms with Gasteiger partial charge in [-0.15, -0.1) is 0 Å². The highest BCUT2D eigenvalue weighted by Crippen LogP contribution is 2.31. The van der Waals surface area contributed by atoms with Crippen LogP contribution >= 0.6 is 0 Å². The molecule has 0 spiro atoms. The van der Waals surface area contributed by atoms with E-state index in [0.717, 1.165) is 24.3 Å². The van der Waals surface area contributed by atoms with Crippen LogP contribution in [0.25, 0.3) is 0 Å². The van der Waals surface area contributed by atoms with Crippen molar-refractivity contribution in [2.75, 3.05) is 43.7 Å². The fourth-order valence-corrected chi connectivity index (χ4v) is 4.64. The predicted octanol–water partition coefficient (Wildman–Crippen LogP) is 3.35. The van der Waals surface area contributed by atoms with Gasteiger partial charge in [-0.2, -0.15) is 0 Å². The molecule has 0 saturated carbocycles. The summed E-state index contributed by atoms with van der Waals surface area (Å²) in [5.74, 6) is -0.000706. The number of ether oxygens (including phenoxy) is 3. The molecule has 2 atom stereocenters. The van der Waals surface area contributed by atoms with Crippen molar-refractivity contribution < 1.29 is 28.5 Å². The lowest BCUT2D eigenvalue weighted by Crippen LogP contribution is -2.38. The van der Waals surface area contributed by atoms with E-state index in [1.165, 1.54) is 13.3 Å².